The minimum Gasteiger partial charge on any atom is -0.370 e. The van der Waals surface area contributed by atoms with Gasteiger partial charge in [0.25, 0.3) is 0 Å². The smallest absolute Gasteiger partial charge is 0.0446 e. The van der Waals surface area contributed by atoms with Crippen LogP contribution < -0.4 is 4.90 Å². The number of hydrogen-bond donors (Lipinski definition) is 0. The number of anilines is 1. The summed E-state index contributed by atoms with van der Waals surface area (Å²) in [5.41, 5.74) is 4.41. The van der Waals surface area contributed by atoms with Crippen LogP contribution in [0.25, 0.3) is 10.8 Å². The second-order valence-electron chi connectivity index (χ2n) is 10.2. The zero-order valence-corrected chi connectivity index (χ0v) is 19.9. The van der Waals surface area contributed by atoms with Crippen LogP contribution in [0.5, 0.6) is 0 Å². The summed E-state index contributed by atoms with van der Waals surface area (Å²) in [5.74, 6) is 1.94. The zero-order chi connectivity index (χ0) is 22.7. The third-order valence-electron chi connectivity index (χ3n) is 8.13. The fourth-order valence-electron chi connectivity index (χ4n) is 6.32. The first-order valence-corrected chi connectivity index (χ1v) is 12.9. The number of piperidine rings is 1. The van der Waals surface area contributed by atoms with Gasteiger partial charge in [-0.1, -0.05) is 97.1 Å². The summed E-state index contributed by atoms with van der Waals surface area (Å²) in [5, 5.41) is 2.71. The molecule has 2 saturated heterocycles. The van der Waals surface area contributed by atoms with Crippen molar-refractivity contribution in [3.05, 3.63) is 114 Å². The first kappa shape index (κ1) is 21.4. The van der Waals surface area contributed by atoms with E-state index < -0.39 is 0 Å². The van der Waals surface area contributed by atoms with Gasteiger partial charge in [0.2, 0.25) is 0 Å². The SMILES string of the molecule is c1ccc(C2CCN(C[C@H]3CN(c4cccc5ccccc45)C[C@@H]3c3ccccc3)CC2)cc1. The Bertz CT molecular complexity index is 1210. The van der Waals surface area contributed by atoms with E-state index in [1.165, 1.54) is 60.1 Å². The Balaban J connectivity index is 1.21. The van der Waals surface area contributed by atoms with Crippen molar-refractivity contribution < 1.29 is 0 Å². The van der Waals surface area contributed by atoms with Crippen LogP contribution in [0.3, 0.4) is 0 Å². The molecule has 0 saturated carbocycles. The van der Waals surface area contributed by atoms with Crippen LogP contribution in [-0.2, 0) is 0 Å². The maximum atomic E-state index is 2.74. The van der Waals surface area contributed by atoms with Crippen molar-refractivity contribution in [2.45, 2.75) is 24.7 Å². The lowest BCUT2D eigenvalue weighted by atomic mass is 9.86. The number of nitrogens with zero attached hydrogens (tertiary/aromatic N) is 2. The van der Waals surface area contributed by atoms with E-state index >= 15 is 0 Å². The highest BCUT2D eigenvalue weighted by molar-refractivity contribution is 5.94. The van der Waals surface area contributed by atoms with Gasteiger partial charge in [-0.2, -0.15) is 0 Å². The molecular formula is C32H34N2. The summed E-state index contributed by atoms with van der Waals surface area (Å²) in [4.78, 5) is 5.40. The van der Waals surface area contributed by atoms with Crippen molar-refractivity contribution in [3.63, 3.8) is 0 Å². The lowest BCUT2D eigenvalue weighted by Crippen LogP contribution is -2.38. The Hall–Kier alpha value is -3.10. The number of rotatable bonds is 5. The van der Waals surface area contributed by atoms with Crippen molar-refractivity contribution in [1.29, 1.82) is 0 Å². The van der Waals surface area contributed by atoms with E-state index in [9.17, 15) is 0 Å². The average Bonchev–Trinajstić information content (AvgIpc) is 3.33. The number of likely N-dealkylation sites (tertiary alicyclic amines) is 1. The highest BCUT2D eigenvalue weighted by atomic mass is 15.2. The van der Waals surface area contributed by atoms with Crippen LogP contribution >= 0.6 is 0 Å². The molecule has 0 spiro atoms. The van der Waals surface area contributed by atoms with Crippen molar-refractivity contribution in [2.24, 2.45) is 5.92 Å². The van der Waals surface area contributed by atoms with E-state index in [0.717, 1.165) is 19.0 Å². The van der Waals surface area contributed by atoms with E-state index in [1.54, 1.807) is 0 Å². The Labute approximate surface area is 203 Å². The standard InChI is InChI=1S/C32H34N2/c1-3-10-25(11-4-1)26-18-20-33(21-19-26)22-29-23-34(24-31(29)28-12-5-2-6-13-28)32-17-9-15-27-14-7-8-16-30(27)32/h1-17,26,29,31H,18-24H2/t29-,31+/m0/s1. The van der Waals surface area contributed by atoms with Gasteiger partial charge in [0.05, 0.1) is 0 Å². The Morgan fingerprint density at radius 1 is 0.618 bits per heavy atom. The monoisotopic (exact) mass is 446 g/mol. The van der Waals surface area contributed by atoms with Gasteiger partial charge in [-0.3, -0.25) is 0 Å². The lowest BCUT2D eigenvalue weighted by molar-refractivity contribution is 0.182. The lowest BCUT2D eigenvalue weighted by Gasteiger charge is -2.35. The molecule has 4 aromatic carbocycles. The molecule has 0 N–H and O–H groups in total. The van der Waals surface area contributed by atoms with Crippen molar-refractivity contribution in [3.8, 4) is 0 Å². The van der Waals surface area contributed by atoms with Crippen LogP contribution in [0.1, 0.15) is 35.8 Å². The average molecular weight is 447 g/mol. The Morgan fingerprint density at radius 2 is 1.26 bits per heavy atom. The Kier molecular flexibility index (Phi) is 6.08. The molecule has 172 valence electrons. The molecule has 2 heteroatoms. The van der Waals surface area contributed by atoms with E-state index in [4.69, 9.17) is 0 Å². The van der Waals surface area contributed by atoms with Crippen LogP contribution in [0.4, 0.5) is 5.69 Å². The zero-order valence-electron chi connectivity index (χ0n) is 19.9. The van der Waals surface area contributed by atoms with Gasteiger partial charge in [0.1, 0.15) is 0 Å². The third kappa shape index (κ3) is 4.35. The molecule has 0 bridgehead atoms. The third-order valence-corrected chi connectivity index (χ3v) is 8.13. The molecule has 2 atom stereocenters. The molecule has 34 heavy (non-hydrogen) atoms. The van der Waals surface area contributed by atoms with Crippen molar-refractivity contribution in [1.82, 2.24) is 4.90 Å². The summed E-state index contributed by atoms with van der Waals surface area (Å²) in [6.07, 6.45) is 2.56. The molecule has 2 nitrogen and oxygen atoms in total. The van der Waals surface area contributed by atoms with Crippen LogP contribution in [-0.4, -0.2) is 37.6 Å². The predicted molar refractivity (Wildman–Crippen MR) is 144 cm³/mol. The quantitative estimate of drug-likeness (QED) is 0.328. The molecule has 2 fully saturated rings. The van der Waals surface area contributed by atoms with Gasteiger partial charge in [0, 0.05) is 36.6 Å². The predicted octanol–water partition coefficient (Wildman–Crippen LogP) is 6.94. The van der Waals surface area contributed by atoms with E-state index in [0.29, 0.717) is 11.8 Å². The summed E-state index contributed by atoms with van der Waals surface area (Å²) in [6.45, 7) is 5.86. The van der Waals surface area contributed by atoms with Gasteiger partial charge < -0.3 is 9.80 Å². The highest BCUT2D eigenvalue weighted by Crippen LogP contribution is 2.39. The van der Waals surface area contributed by atoms with Gasteiger partial charge >= 0.3 is 0 Å². The molecule has 0 amide bonds. The van der Waals surface area contributed by atoms with E-state index in [2.05, 4.69) is 113 Å². The molecule has 6 rings (SSSR count). The maximum Gasteiger partial charge on any atom is 0.0446 e. The van der Waals surface area contributed by atoms with E-state index in [-0.39, 0.29) is 0 Å². The summed E-state index contributed by atoms with van der Waals surface area (Å²) in [7, 11) is 0. The normalized spacial score (nSPS) is 21.8. The topological polar surface area (TPSA) is 6.48 Å². The maximum absolute atomic E-state index is 2.74. The van der Waals surface area contributed by atoms with Crippen LogP contribution in [0.2, 0.25) is 0 Å². The fourth-order valence-corrected chi connectivity index (χ4v) is 6.32. The molecule has 0 aliphatic carbocycles. The second kappa shape index (κ2) is 9.64. The number of fused-ring (bicyclic) bond motifs is 1. The van der Waals surface area contributed by atoms with Gasteiger partial charge in [-0.05, 0) is 60.3 Å². The molecular weight excluding hydrogens is 412 g/mol. The van der Waals surface area contributed by atoms with Gasteiger partial charge in [-0.15, -0.1) is 0 Å². The van der Waals surface area contributed by atoms with Gasteiger partial charge in [0.15, 0.2) is 0 Å². The summed E-state index contributed by atoms with van der Waals surface area (Å²) < 4.78 is 0. The van der Waals surface area contributed by atoms with Crippen molar-refractivity contribution >= 4 is 16.5 Å². The number of benzene rings is 4. The van der Waals surface area contributed by atoms with Crippen LogP contribution in [0.15, 0.2) is 103 Å². The molecule has 0 aromatic heterocycles. The second-order valence-corrected chi connectivity index (χ2v) is 10.2. The molecule has 2 heterocycles. The molecule has 2 aliphatic heterocycles. The first-order valence-electron chi connectivity index (χ1n) is 12.9. The molecule has 4 aromatic rings. The largest absolute Gasteiger partial charge is 0.370 e. The molecule has 0 unspecified atom stereocenters. The first-order chi connectivity index (χ1) is 16.8. The minimum atomic E-state index is 0.576. The van der Waals surface area contributed by atoms with Crippen LogP contribution in [0, 0.1) is 5.92 Å². The summed E-state index contributed by atoms with van der Waals surface area (Å²) in [6, 6.07) is 38.0. The van der Waals surface area contributed by atoms with E-state index in [1.807, 2.05) is 0 Å². The summed E-state index contributed by atoms with van der Waals surface area (Å²) >= 11 is 0. The highest BCUT2D eigenvalue weighted by Gasteiger charge is 2.36. The fraction of sp³-hybridized carbons (Fsp3) is 0.312. The van der Waals surface area contributed by atoms with Crippen molar-refractivity contribution in [2.75, 3.05) is 37.6 Å². The Morgan fingerprint density at radius 3 is 2.03 bits per heavy atom. The minimum absolute atomic E-state index is 0.576. The molecule has 2 aliphatic rings. The van der Waals surface area contributed by atoms with Gasteiger partial charge in [-0.25, -0.2) is 0 Å². The molecule has 0 radical (unpaired) electrons. The number of hydrogen-bond acceptors (Lipinski definition) is 2.